The van der Waals surface area contributed by atoms with Crippen molar-refractivity contribution in [2.75, 3.05) is 13.7 Å². The van der Waals surface area contributed by atoms with Gasteiger partial charge < -0.3 is 9.47 Å². The first kappa shape index (κ1) is 20.9. The van der Waals surface area contributed by atoms with Gasteiger partial charge in [0.1, 0.15) is 11.5 Å². The van der Waals surface area contributed by atoms with Crippen LogP contribution in [0.4, 0.5) is 0 Å². The van der Waals surface area contributed by atoms with E-state index in [-0.39, 0.29) is 11.7 Å². The maximum atomic E-state index is 12.1. The van der Waals surface area contributed by atoms with Crippen molar-refractivity contribution in [3.05, 3.63) is 57.5 Å². The fraction of sp³-hybridized carbons (Fsp3) is 0.118. The fourth-order valence-electron chi connectivity index (χ4n) is 1.86. The maximum absolute atomic E-state index is 12.1. The number of hydrogen-bond acceptors (Lipinski definition) is 5. The molecule has 27 heavy (non-hydrogen) atoms. The zero-order chi connectivity index (χ0) is 19.8. The van der Waals surface area contributed by atoms with Crippen LogP contribution in [0.25, 0.3) is 0 Å². The first-order chi connectivity index (χ1) is 12.9. The van der Waals surface area contributed by atoms with Crippen molar-refractivity contribution in [2.45, 2.75) is 0 Å². The van der Waals surface area contributed by atoms with Gasteiger partial charge in [0.15, 0.2) is 11.7 Å². The van der Waals surface area contributed by atoms with Crippen LogP contribution in [0.5, 0.6) is 11.5 Å². The second-order valence-electron chi connectivity index (χ2n) is 5.05. The molecule has 0 heterocycles. The van der Waals surface area contributed by atoms with Crippen molar-refractivity contribution >= 4 is 56.7 Å². The Balaban J connectivity index is 1.76. The third-order valence-electron chi connectivity index (χ3n) is 3.14. The van der Waals surface area contributed by atoms with Gasteiger partial charge in [0.2, 0.25) is 0 Å². The molecule has 10 heteroatoms. The Hall–Kier alpha value is -2.36. The summed E-state index contributed by atoms with van der Waals surface area (Å²) in [7, 11) is 1.53. The molecule has 0 radical (unpaired) electrons. The molecule has 2 rings (SSSR count). The molecule has 3 N–H and O–H groups in total. The average molecular weight is 473 g/mol. The number of amides is 2. The summed E-state index contributed by atoms with van der Waals surface area (Å²) in [5, 5.41) is 2.95. The number of carbonyl (C=O) groups excluding carboxylic acids is 2. The molecule has 0 aliphatic carbocycles. The van der Waals surface area contributed by atoms with Crippen molar-refractivity contribution in [2.24, 2.45) is 0 Å². The highest BCUT2D eigenvalue weighted by atomic mass is 79.9. The monoisotopic (exact) mass is 471 g/mol. The second kappa shape index (κ2) is 10.1. The quantitative estimate of drug-likeness (QED) is 0.458. The summed E-state index contributed by atoms with van der Waals surface area (Å²) in [5.74, 6) is 0.173. The summed E-state index contributed by atoms with van der Waals surface area (Å²) in [6.07, 6.45) is 0. The Morgan fingerprint density at radius 3 is 2.48 bits per heavy atom. The minimum Gasteiger partial charge on any atom is -0.496 e. The predicted molar refractivity (Wildman–Crippen MR) is 109 cm³/mol. The minimum atomic E-state index is -0.478. The first-order valence-electron chi connectivity index (χ1n) is 7.51. The first-order valence-corrected chi connectivity index (χ1v) is 9.09. The van der Waals surface area contributed by atoms with E-state index in [4.69, 9.17) is 33.3 Å². The number of rotatable bonds is 5. The lowest BCUT2D eigenvalue weighted by Crippen LogP contribution is -2.49. The highest BCUT2D eigenvalue weighted by Gasteiger charge is 2.11. The van der Waals surface area contributed by atoms with Crippen LogP contribution in [-0.4, -0.2) is 30.6 Å². The molecule has 0 aromatic heterocycles. The molecule has 0 aliphatic rings. The minimum absolute atomic E-state index is 0.0632. The van der Waals surface area contributed by atoms with Gasteiger partial charge in [-0.2, -0.15) is 0 Å². The van der Waals surface area contributed by atoms with Crippen molar-refractivity contribution < 1.29 is 19.1 Å². The van der Waals surface area contributed by atoms with Crippen LogP contribution in [-0.2, 0) is 4.79 Å². The Morgan fingerprint density at radius 2 is 1.85 bits per heavy atom. The van der Waals surface area contributed by atoms with E-state index >= 15 is 0 Å². The number of halogens is 2. The molecule has 0 aliphatic heterocycles. The van der Waals surface area contributed by atoms with Crippen LogP contribution >= 0.6 is 39.7 Å². The fourth-order valence-corrected chi connectivity index (χ4v) is 2.67. The number of thiocarbonyl (C=S) groups is 1. The summed E-state index contributed by atoms with van der Waals surface area (Å²) in [6, 6.07) is 11.4. The van der Waals surface area contributed by atoms with Crippen LogP contribution in [0.15, 0.2) is 46.9 Å². The molecule has 0 atom stereocenters. The number of hydrazine groups is 1. The van der Waals surface area contributed by atoms with Gasteiger partial charge in [0.05, 0.1) is 11.6 Å². The number of hydrogen-bond donors (Lipinski definition) is 3. The van der Waals surface area contributed by atoms with Crippen molar-refractivity contribution in [3.63, 3.8) is 0 Å². The number of carbonyl (C=O) groups is 2. The summed E-state index contributed by atoms with van der Waals surface area (Å²) in [6.45, 7) is -0.239. The van der Waals surface area contributed by atoms with E-state index in [0.29, 0.717) is 26.6 Å². The zero-order valence-electron chi connectivity index (χ0n) is 14.0. The van der Waals surface area contributed by atoms with Gasteiger partial charge in [-0.05, 0) is 70.6 Å². The normalized spacial score (nSPS) is 9.89. The lowest BCUT2D eigenvalue weighted by atomic mass is 10.2. The van der Waals surface area contributed by atoms with Crippen LogP contribution in [0, 0.1) is 0 Å². The summed E-state index contributed by atoms with van der Waals surface area (Å²) in [5.41, 5.74) is 5.12. The van der Waals surface area contributed by atoms with Gasteiger partial charge in [0.25, 0.3) is 11.8 Å². The summed E-state index contributed by atoms with van der Waals surface area (Å²) in [4.78, 5) is 23.9. The highest BCUT2D eigenvalue weighted by Crippen LogP contribution is 2.25. The molecule has 2 amide bonds. The molecule has 7 nitrogen and oxygen atoms in total. The smallest absolute Gasteiger partial charge is 0.276 e. The maximum Gasteiger partial charge on any atom is 0.276 e. The van der Waals surface area contributed by atoms with Gasteiger partial charge in [-0.25, -0.2) is 0 Å². The van der Waals surface area contributed by atoms with Crippen LogP contribution in [0.2, 0.25) is 5.02 Å². The van der Waals surface area contributed by atoms with Crippen LogP contribution in [0.1, 0.15) is 10.4 Å². The molecule has 0 fully saturated rings. The zero-order valence-corrected chi connectivity index (χ0v) is 17.2. The van der Waals surface area contributed by atoms with E-state index < -0.39 is 11.8 Å². The van der Waals surface area contributed by atoms with E-state index in [2.05, 4.69) is 32.1 Å². The lowest BCUT2D eigenvalue weighted by Gasteiger charge is -2.12. The molecule has 0 unspecified atom stereocenters. The van der Waals surface area contributed by atoms with Crippen LogP contribution < -0.4 is 25.6 Å². The Morgan fingerprint density at radius 1 is 1.15 bits per heavy atom. The van der Waals surface area contributed by atoms with Crippen LogP contribution in [0.3, 0.4) is 0 Å². The molecule has 2 aromatic carbocycles. The average Bonchev–Trinajstić information content (AvgIpc) is 2.65. The standard InChI is InChI=1S/C17H15BrClN3O4S/c1-25-14-7-2-10(8-13(14)18)16(24)20-17(27)22-21-15(23)9-26-12-5-3-11(19)4-6-12/h2-8H,9H2,1H3,(H,21,23)(H2,20,22,24,27). The molecule has 0 bridgehead atoms. The predicted octanol–water partition coefficient (Wildman–Crippen LogP) is 2.83. The van der Waals surface area contributed by atoms with E-state index in [1.54, 1.807) is 42.5 Å². The van der Waals surface area contributed by atoms with Crippen molar-refractivity contribution in [1.82, 2.24) is 16.2 Å². The number of ether oxygens (including phenoxy) is 2. The van der Waals surface area contributed by atoms with Crippen molar-refractivity contribution in [1.29, 1.82) is 0 Å². The Bertz CT molecular complexity index is 849. The molecular weight excluding hydrogens is 458 g/mol. The van der Waals surface area contributed by atoms with Gasteiger partial charge in [-0.3, -0.25) is 25.8 Å². The molecule has 0 spiro atoms. The summed E-state index contributed by atoms with van der Waals surface area (Å²) < 4.78 is 11.0. The highest BCUT2D eigenvalue weighted by molar-refractivity contribution is 9.10. The van der Waals surface area contributed by atoms with Gasteiger partial charge >= 0.3 is 0 Å². The van der Waals surface area contributed by atoms with Crippen molar-refractivity contribution in [3.8, 4) is 11.5 Å². The third-order valence-corrected chi connectivity index (χ3v) is 4.22. The SMILES string of the molecule is COc1ccc(C(=O)NC(=S)NNC(=O)COc2ccc(Cl)cc2)cc1Br. The number of nitrogens with one attached hydrogen (secondary N) is 3. The van der Waals surface area contributed by atoms with E-state index in [9.17, 15) is 9.59 Å². The third kappa shape index (κ3) is 6.70. The second-order valence-corrected chi connectivity index (χ2v) is 6.75. The molecule has 142 valence electrons. The Kier molecular flexibility index (Phi) is 7.83. The summed E-state index contributed by atoms with van der Waals surface area (Å²) >= 11 is 14.0. The van der Waals surface area contributed by atoms with Gasteiger partial charge in [-0.15, -0.1) is 0 Å². The van der Waals surface area contributed by atoms with E-state index in [1.165, 1.54) is 7.11 Å². The van der Waals surface area contributed by atoms with Gasteiger partial charge in [0, 0.05) is 10.6 Å². The number of benzene rings is 2. The lowest BCUT2D eigenvalue weighted by molar-refractivity contribution is -0.123. The topological polar surface area (TPSA) is 88.7 Å². The largest absolute Gasteiger partial charge is 0.496 e. The van der Waals surface area contributed by atoms with E-state index in [1.807, 2.05) is 0 Å². The molecular formula is C17H15BrClN3O4S. The Labute approximate surface area is 174 Å². The number of methoxy groups -OCH3 is 1. The molecule has 2 aromatic rings. The van der Waals surface area contributed by atoms with E-state index in [0.717, 1.165) is 0 Å². The van der Waals surface area contributed by atoms with Gasteiger partial charge in [-0.1, -0.05) is 11.6 Å². The molecule has 0 saturated heterocycles. The molecule has 0 saturated carbocycles.